The molecular weight excluding hydrogens is 320 g/mol. The first kappa shape index (κ1) is 17.0. The molecule has 0 aromatic heterocycles. The van der Waals surface area contributed by atoms with E-state index >= 15 is 0 Å². The molecule has 2 aliphatic rings. The molecule has 1 aromatic carbocycles. The topological polar surface area (TPSA) is 56.8 Å². The summed E-state index contributed by atoms with van der Waals surface area (Å²) in [6.45, 7) is -1.76. The summed E-state index contributed by atoms with van der Waals surface area (Å²) in [5.41, 5.74) is 0.932. The maximum absolute atomic E-state index is 12.6. The molecule has 5 nitrogen and oxygen atoms in total. The van der Waals surface area contributed by atoms with Crippen molar-refractivity contribution in [1.29, 1.82) is 0 Å². The lowest BCUT2D eigenvalue weighted by molar-refractivity contribution is -0.142. The maximum atomic E-state index is 12.6. The number of nitrogens with one attached hydrogen (secondary N) is 1. The molecule has 1 unspecified atom stereocenters. The van der Waals surface area contributed by atoms with Gasteiger partial charge in [-0.15, -0.1) is 0 Å². The van der Waals surface area contributed by atoms with E-state index in [1.807, 2.05) is 0 Å². The number of halogens is 2. The molecule has 1 aromatic rings. The van der Waals surface area contributed by atoms with E-state index in [9.17, 15) is 13.6 Å². The van der Waals surface area contributed by atoms with Crippen molar-refractivity contribution in [2.24, 2.45) is 5.92 Å². The first-order valence-corrected chi connectivity index (χ1v) is 8.09. The molecule has 2 fully saturated rings. The van der Waals surface area contributed by atoms with Crippen LogP contribution >= 0.6 is 0 Å². The second-order valence-corrected chi connectivity index (χ2v) is 6.26. The smallest absolute Gasteiger partial charge is 0.387 e. The number of hydrogen-bond acceptors (Lipinski definition) is 5. The molecule has 1 N–H and O–H groups in total. The van der Waals surface area contributed by atoms with Crippen molar-refractivity contribution in [3.63, 3.8) is 0 Å². The van der Waals surface area contributed by atoms with Gasteiger partial charge >= 0.3 is 12.6 Å². The van der Waals surface area contributed by atoms with Crippen LogP contribution in [0.2, 0.25) is 0 Å². The Hall–Kier alpha value is -1.89. The van der Waals surface area contributed by atoms with Gasteiger partial charge in [0.15, 0.2) is 11.5 Å². The van der Waals surface area contributed by atoms with Gasteiger partial charge in [0.1, 0.15) is 6.04 Å². The van der Waals surface area contributed by atoms with Gasteiger partial charge in [-0.2, -0.15) is 8.78 Å². The summed E-state index contributed by atoms with van der Waals surface area (Å²) in [6.07, 6.45) is 2.82. The minimum Gasteiger partial charge on any atom is -0.489 e. The zero-order valence-electron chi connectivity index (χ0n) is 13.5. The van der Waals surface area contributed by atoms with Crippen molar-refractivity contribution < 1.29 is 27.8 Å². The molecule has 132 valence electrons. The lowest BCUT2D eigenvalue weighted by Gasteiger charge is -2.16. The fourth-order valence-electron chi connectivity index (χ4n) is 2.89. The van der Waals surface area contributed by atoms with Crippen molar-refractivity contribution in [1.82, 2.24) is 5.32 Å². The largest absolute Gasteiger partial charge is 0.489 e. The van der Waals surface area contributed by atoms with E-state index in [1.54, 1.807) is 12.1 Å². The Labute approximate surface area is 139 Å². The second kappa shape index (κ2) is 7.34. The van der Waals surface area contributed by atoms with Crippen LogP contribution in [-0.2, 0) is 9.53 Å². The zero-order chi connectivity index (χ0) is 17.1. The number of carbonyl (C=O) groups is 1. The number of alkyl halides is 2. The number of ether oxygens (including phenoxy) is 3. The minimum atomic E-state index is -2.89. The highest BCUT2D eigenvalue weighted by atomic mass is 19.3. The van der Waals surface area contributed by atoms with Gasteiger partial charge in [0, 0.05) is 6.54 Å². The normalized spacial score (nSPS) is 23.3. The van der Waals surface area contributed by atoms with Gasteiger partial charge in [0.05, 0.1) is 13.7 Å². The predicted octanol–water partition coefficient (Wildman–Crippen LogP) is 2.70. The highest BCUT2D eigenvalue weighted by Crippen LogP contribution is 2.37. The third-order valence-corrected chi connectivity index (χ3v) is 4.44. The summed E-state index contributed by atoms with van der Waals surface area (Å²) in [7, 11) is 1.36. The van der Waals surface area contributed by atoms with Crippen LogP contribution < -0.4 is 14.8 Å². The van der Waals surface area contributed by atoms with E-state index in [-0.39, 0.29) is 23.7 Å². The third kappa shape index (κ3) is 4.14. The van der Waals surface area contributed by atoms with Crippen LogP contribution in [0.5, 0.6) is 11.5 Å². The predicted molar refractivity (Wildman–Crippen MR) is 82.5 cm³/mol. The highest BCUT2D eigenvalue weighted by molar-refractivity contribution is 5.76. The number of carbonyl (C=O) groups excluding carboxylic acids is 1. The molecule has 1 aliphatic heterocycles. The monoisotopic (exact) mass is 341 g/mol. The van der Waals surface area contributed by atoms with Crippen LogP contribution in [-0.4, -0.2) is 38.9 Å². The van der Waals surface area contributed by atoms with Gasteiger partial charge in [-0.05, 0) is 48.8 Å². The van der Waals surface area contributed by atoms with Crippen molar-refractivity contribution in [3.8, 4) is 11.5 Å². The SMILES string of the molecule is COC(=O)[C@@H]1CC(c2ccc(OC(F)F)c(OCC3CC3)c2)CN1. The van der Waals surface area contributed by atoms with Crippen LogP contribution in [0.3, 0.4) is 0 Å². The molecular formula is C17H21F2NO4. The summed E-state index contributed by atoms with van der Waals surface area (Å²) in [6, 6.07) is 4.66. The number of methoxy groups -OCH3 is 1. The van der Waals surface area contributed by atoms with Gasteiger partial charge in [-0.1, -0.05) is 6.07 Å². The summed E-state index contributed by atoms with van der Waals surface area (Å²) in [5.74, 6) is 0.689. The van der Waals surface area contributed by atoms with E-state index < -0.39 is 6.61 Å². The average Bonchev–Trinajstić information content (AvgIpc) is 3.27. The van der Waals surface area contributed by atoms with E-state index in [4.69, 9.17) is 9.47 Å². The second-order valence-electron chi connectivity index (χ2n) is 6.26. The molecule has 7 heteroatoms. The first-order valence-electron chi connectivity index (χ1n) is 8.09. The Morgan fingerprint density at radius 1 is 1.33 bits per heavy atom. The lowest BCUT2D eigenvalue weighted by Crippen LogP contribution is -2.31. The first-order chi connectivity index (χ1) is 11.6. The Kier molecular flexibility index (Phi) is 5.18. The molecule has 2 atom stereocenters. The molecule has 0 radical (unpaired) electrons. The Morgan fingerprint density at radius 3 is 2.79 bits per heavy atom. The third-order valence-electron chi connectivity index (χ3n) is 4.44. The Balaban J connectivity index is 1.73. The summed E-state index contributed by atoms with van der Waals surface area (Å²) in [5, 5.41) is 3.12. The molecule has 0 amide bonds. The molecule has 0 spiro atoms. The van der Waals surface area contributed by atoms with Crippen LogP contribution in [0.1, 0.15) is 30.7 Å². The Bertz CT molecular complexity index is 592. The van der Waals surface area contributed by atoms with Crippen molar-refractivity contribution in [2.75, 3.05) is 20.3 Å². The number of benzene rings is 1. The van der Waals surface area contributed by atoms with Crippen LogP contribution in [0, 0.1) is 5.92 Å². The van der Waals surface area contributed by atoms with Crippen molar-refractivity contribution >= 4 is 5.97 Å². The van der Waals surface area contributed by atoms with Gasteiger partial charge < -0.3 is 19.5 Å². The molecule has 1 aliphatic carbocycles. The summed E-state index contributed by atoms with van der Waals surface area (Å²) < 4.78 is 40.1. The van der Waals surface area contributed by atoms with Gasteiger partial charge in [-0.3, -0.25) is 4.79 Å². The zero-order valence-corrected chi connectivity index (χ0v) is 13.5. The highest BCUT2D eigenvalue weighted by Gasteiger charge is 2.31. The number of esters is 1. The molecule has 24 heavy (non-hydrogen) atoms. The fraction of sp³-hybridized carbons (Fsp3) is 0.588. The van der Waals surface area contributed by atoms with Gasteiger partial charge in [0.2, 0.25) is 0 Å². The molecule has 1 heterocycles. The molecule has 1 saturated heterocycles. The average molecular weight is 341 g/mol. The van der Waals surface area contributed by atoms with E-state index in [0.717, 1.165) is 18.4 Å². The van der Waals surface area contributed by atoms with Crippen LogP contribution in [0.15, 0.2) is 18.2 Å². The van der Waals surface area contributed by atoms with Crippen LogP contribution in [0.4, 0.5) is 8.78 Å². The fourth-order valence-corrected chi connectivity index (χ4v) is 2.89. The molecule has 3 rings (SSSR count). The van der Waals surface area contributed by atoms with E-state index in [2.05, 4.69) is 10.1 Å². The number of rotatable bonds is 7. The summed E-state index contributed by atoms with van der Waals surface area (Å²) in [4.78, 5) is 11.6. The van der Waals surface area contributed by atoms with Crippen LogP contribution in [0.25, 0.3) is 0 Å². The van der Waals surface area contributed by atoms with E-state index in [1.165, 1.54) is 13.2 Å². The van der Waals surface area contributed by atoms with Crippen molar-refractivity contribution in [2.45, 2.75) is 37.8 Å². The molecule has 1 saturated carbocycles. The lowest BCUT2D eigenvalue weighted by atomic mass is 9.96. The maximum Gasteiger partial charge on any atom is 0.387 e. The number of hydrogen-bond donors (Lipinski definition) is 1. The van der Waals surface area contributed by atoms with Gasteiger partial charge in [0.25, 0.3) is 0 Å². The standard InChI is InChI=1S/C17H21F2NO4/c1-22-16(21)13-6-12(8-20-13)11-4-5-14(24-17(18)19)15(7-11)23-9-10-2-3-10/h4-5,7,10,12-13,17,20H,2-3,6,8-9H2,1H3/t12?,13-/m0/s1. The van der Waals surface area contributed by atoms with E-state index in [0.29, 0.717) is 31.2 Å². The minimum absolute atomic E-state index is 0.0462. The van der Waals surface area contributed by atoms with Crippen molar-refractivity contribution in [3.05, 3.63) is 23.8 Å². The summed E-state index contributed by atoms with van der Waals surface area (Å²) >= 11 is 0. The van der Waals surface area contributed by atoms with Gasteiger partial charge in [-0.25, -0.2) is 0 Å². The quantitative estimate of drug-likeness (QED) is 0.773. The Morgan fingerprint density at radius 2 is 2.12 bits per heavy atom. The molecule has 0 bridgehead atoms.